The van der Waals surface area contributed by atoms with Gasteiger partial charge in [0.1, 0.15) is 29.2 Å². The van der Waals surface area contributed by atoms with Crippen molar-refractivity contribution in [1.82, 2.24) is 0 Å². The van der Waals surface area contributed by atoms with Crippen molar-refractivity contribution >= 4 is 0 Å². The molecule has 1 aromatic carbocycles. The molecule has 3 aliphatic carbocycles. The molecule has 1 saturated heterocycles. The van der Waals surface area contributed by atoms with E-state index >= 15 is 0 Å². The summed E-state index contributed by atoms with van der Waals surface area (Å²) in [6.07, 6.45) is 5.78. The molecule has 3 fully saturated rings. The Labute approximate surface area is 154 Å². The largest absolute Gasteiger partial charge is 0.508 e. The van der Waals surface area contributed by atoms with Crippen LogP contribution in [-0.4, -0.2) is 52.6 Å². The molecule has 2 N–H and O–H groups in total. The smallest absolute Gasteiger partial charge is 0.133 e. The number of hydrogen-bond acceptors (Lipinski definition) is 3. The second-order valence-electron chi connectivity index (χ2n) is 9.79. The average molecular weight is 354 g/mol. The Kier molecular flexibility index (Phi) is 2.67. The number of likely N-dealkylation sites (N-methyl/N-ethyl adjacent to an activating group) is 1. The molecule has 2 aliphatic heterocycles. The van der Waals surface area contributed by atoms with Crippen molar-refractivity contribution in [3.05, 3.63) is 35.4 Å². The first-order valence-corrected chi connectivity index (χ1v) is 10.2. The number of ether oxygens (including phenoxy) is 1. The molecule has 5 atom stereocenters. The van der Waals surface area contributed by atoms with E-state index in [-0.39, 0.29) is 12.1 Å². The third-order valence-electron chi connectivity index (χ3n) is 8.45. The Balaban J connectivity index is 1.61. The third-order valence-corrected chi connectivity index (χ3v) is 8.45. The van der Waals surface area contributed by atoms with E-state index in [1.165, 1.54) is 12.8 Å². The van der Waals surface area contributed by atoms with Crippen LogP contribution >= 0.6 is 0 Å². The SMILES string of the molecule is C=C1CCC2(O)C3Cc4c(O)ccc5c4[C@@]2(CC[N@+]3(C)CC2CC2)C1O5. The van der Waals surface area contributed by atoms with Crippen molar-refractivity contribution in [2.75, 3.05) is 20.1 Å². The van der Waals surface area contributed by atoms with Crippen molar-refractivity contribution in [3.8, 4) is 11.5 Å². The van der Waals surface area contributed by atoms with Crippen LogP contribution in [0, 0.1) is 5.92 Å². The van der Waals surface area contributed by atoms with E-state index in [4.69, 9.17) is 4.74 Å². The zero-order valence-corrected chi connectivity index (χ0v) is 15.5. The van der Waals surface area contributed by atoms with E-state index in [0.717, 1.165) is 71.6 Å². The van der Waals surface area contributed by atoms with Gasteiger partial charge in [-0.2, -0.15) is 0 Å². The van der Waals surface area contributed by atoms with Crippen LogP contribution in [0.3, 0.4) is 0 Å². The Morgan fingerprint density at radius 3 is 2.88 bits per heavy atom. The molecular weight excluding hydrogens is 326 g/mol. The summed E-state index contributed by atoms with van der Waals surface area (Å²) in [6.45, 7) is 6.55. The fourth-order valence-electron chi connectivity index (χ4n) is 7.08. The zero-order chi connectivity index (χ0) is 17.9. The van der Waals surface area contributed by atoms with Crippen LogP contribution in [0.15, 0.2) is 24.3 Å². The number of aliphatic hydroxyl groups is 1. The molecule has 2 saturated carbocycles. The molecule has 138 valence electrons. The van der Waals surface area contributed by atoms with E-state index < -0.39 is 11.0 Å². The monoisotopic (exact) mass is 354 g/mol. The molecule has 0 amide bonds. The summed E-state index contributed by atoms with van der Waals surface area (Å²) in [5.74, 6) is 2.05. The number of hydrogen-bond donors (Lipinski definition) is 2. The number of phenolic OH excluding ortho intramolecular Hbond substituents is 1. The molecule has 26 heavy (non-hydrogen) atoms. The molecular formula is C22H28NO3+. The maximum absolute atomic E-state index is 12.3. The topological polar surface area (TPSA) is 49.7 Å². The molecule has 2 bridgehead atoms. The van der Waals surface area contributed by atoms with Crippen molar-refractivity contribution in [2.24, 2.45) is 5.92 Å². The highest BCUT2D eigenvalue weighted by molar-refractivity contribution is 5.62. The van der Waals surface area contributed by atoms with Gasteiger partial charge in [-0.15, -0.1) is 0 Å². The second-order valence-corrected chi connectivity index (χ2v) is 9.79. The summed E-state index contributed by atoms with van der Waals surface area (Å²) in [4.78, 5) is 0. The maximum Gasteiger partial charge on any atom is 0.133 e. The first-order chi connectivity index (χ1) is 12.4. The Bertz CT molecular complexity index is 846. The summed E-state index contributed by atoms with van der Waals surface area (Å²) < 4.78 is 7.33. The average Bonchev–Trinajstić information content (AvgIpc) is 3.33. The molecule has 0 aromatic heterocycles. The molecule has 2 heterocycles. The minimum Gasteiger partial charge on any atom is -0.508 e. The standard InChI is InChI=1S/C22H27NO3/c1-13-7-8-22(25)18-11-15-16(24)5-6-17-19(15)21(22,20(13)26-17)9-10-23(18,2)12-14-3-4-14/h5-6,14,18,20,25H,1,3-4,7-12H2,2H3/p+1/t18?,20?,21-,22?,23+/m0/s1. The number of rotatable bonds is 2. The van der Waals surface area contributed by atoms with Crippen LogP contribution in [-0.2, 0) is 11.8 Å². The van der Waals surface area contributed by atoms with Gasteiger partial charge in [0, 0.05) is 29.9 Å². The summed E-state index contributed by atoms with van der Waals surface area (Å²) in [7, 11) is 2.34. The highest BCUT2D eigenvalue weighted by Gasteiger charge is 2.75. The Morgan fingerprint density at radius 2 is 2.12 bits per heavy atom. The van der Waals surface area contributed by atoms with E-state index in [1.807, 2.05) is 6.07 Å². The van der Waals surface area contributed by atoms with E-state index in [9.17, 15) is 10.2 Å². The normalized spacial score (nSPS) is 45.2. The fraction of sp³-hybridized carbons (Fsp3) is 0.636. The van der Waals surface area contributed by atoms with Crippen LogP contribution in [0.5, 0.6) is 11.5 Å². The zero-order valence-electron chi connectivity index (χ0n) is 15.5. The molecule has 0 radical (unpaired) electrons. The maximum atomic E-state index is 12.3. The van der Waals surface area contributed by atoms with Gasteiger partial charge < -0.3 is 19.4 Å². The van der Waals surface area contributed by atoms with Crippen LogP contribution in [0.4, 0.5) is 0 Å². The second kappa shape index (κ2) is 4.48. The van der Waals surface area contributed by atoms with E-state index in [1.54, 1.807) is 6.07 Å². The van der Waals surface area contributed by atoms with Crippen LogP contribution in [0.1, 0.15) is 43.2 Å². The summed E-state index contributed by atoms with van der Waals surface area (Å²) >= 11 is 0. The van der Waals surface area contributed by atoms with Crippen LogP contribution < -0.4 is 4.74 Å². The quantitative estimate of drug-likeness (QED) is 0.634. The van der Waals surface area contributed by atoms with Gasteiger partial charge in [-0.05, 0) is 43.4 Å². The molecule has 4 heteroatoms. The van der Waals surface area contributed by atoms with Gasteiger partial charge >= 0.3 is 0 Å². The number of likely N-dealkylation sites (tertiary alicyclic amines) is 1. The number of nitrogens with zero attached hydrogens (tertiary/aromatic N) is 1. The number of phenols is 1. The fourth-order valence-corrected chi connectivity index (χ4v) is 7.08. The molecule has 4 nitrogen and oxygen atoms in total. The number of piperidine rings is 1. The van der Waals surface area contributed by atoms with E-state index in [2.05, 4.69) is 13.6 Å². The number of benzene rings is 1. The van der Waals surface area contributed by atoms with Crippen molar-refractivity contribution in [2.45, 2.75) is 61.7 Å². The van der Waals surface area contributed by atoms with Crippen molar-refractivity contribution < 1.29 is 19.4 Å². The van der Waals surface area contributed by atoms with Crippen LogP contribution in [0.25, 0.3) is 0 Å². The minimum atomic E-state index is -0.771. The number of quaternary nitrogens is 1. The van der Waals surface area contributed by atoms with Crippen molar-refractivity contribution in [1.29, 1.82) is 0 Å². The molecule has 3 unspecified atom stereocenters. The van der Waals surface area contributed by atoms with Gasteiger partial charge in [-0.25, -0.2) is 0 Å². The predicted octanol–water partition coefficient (Wildman–Crippen LogP) is 2.66. The summed E-state index contributed by atoms with van der Waals surface area (Å²) in [5.41, 5.74) is 2.03. The Morgan fingerprint density at radius 1 is 1.31 bits per heavy atom. The van der Waals surface area contributed by atoms with Gasteiger partial charge in [-0.3, -0.25) is 0 Å². The lowest BCUT2D eigenvalue weighted by Gasteiger charge is -2.65. The van der Waals surface area contributed by atoms with Gasteiger partial charge in [0.2, 0.25) is 0 Å². The van der Waals surface area contributed by atoms with Gasteiger partial charge in [0.15, 0.2) is 0 Å². The predicted molar refractivity (Wildman–Crippen MR) is 98.3 cm³/mol. The highest BCUT2D eigenvalue weighted by atomic mass is 16.5. The minimum absolute atomic E-state index is 0.128. The lowest BCUT2D eigenvalue weighted by Crippen LogP contribution is -2.80. The number of aromatic hydroxyl groups is 1. The third kappa shape index (κ3) is 1.56. The van der Waals surface area contributed by atoms with Gasteiger partial charge in [0.25, 0.3) is 0 Å². The lowest BCUT2D eigenvalue weighted by molar-refractivity contribution is -0.950. The van der Waals surface area contributed by atoms with Gasteiger partial charge in [0.05, 0.1) is 25.6 Å². The van der Waals surface area contributed by atoms with Gasteiger partial charge in [-0.1, -0.05) is 6.58 Å². The lowest BCUT2D eigenvalue weighted by atomic mass is 9.48. The summed E-state index contributed by atoms with van der Waals surface area (Å²) in [6, 6.07) is 3.79. The van der Waals surface area contributed by atoms with E-state index in [0.29, 0.717) is 5.75 Å². The first kappa shape index (κ1) is 15.5. The van der Waals surface area contributed by atoms with Crippen molar-refractivity contribution in [3.63, 3.8) is 0 Å². The summed E-state index contributed by atoms with van der Waals surface area (Å²) in [5, 5.41) is 23.0. The molecule has 6 rings (SSSR count). The molecule has 1 spiro atoms. The highest BCUT2D eigenvalue weighted by Crippen LogP contribution is 2.66. The molecule has 5 aliphatic rings. The molecule has 1 aromatic rings. The van der Waals surface area contributed by atoms with Crippen LogP contribution in [0.2, 0.25) is 0 Å². The Hall–Kier alpha value is -1.52. The first-order valence-electron chi connectivity index (χ1n) is 10.2.